The molecule has 1 aliphatic carbocycles. The van der Waals surface area contributed by atoms with Crippen molar-refractivity contribution in [2.75, 3.05) is 0 Å². The summed E-state index contributed by atoms with van der Waals surface area (Å²) in [5.74, 6) is -2.11. The minimum Gasteiger partial charge on any atom is -0.481 e. The van der Waals surface area contributed by atoms with E-state index < -0.39 is 35.1 Å². The van der Waals surface area contributed by atoms with Gasteiger partial charge in [0.2, 0.25) is 0 Å². The normalized spacial score (nSPS) is 30.2. The Labute approximate surface area is 199 Å². The van der Waals surface area contributed by atoms with Crippen LogP contribution < -0.4 is 4.74 Å². The van der Waals surface area contributed by atoms with E-state index in [1.807, 2.05) is 68.4 Å². The molecule has 3 aromatic rings. The van der Waals surface area contributed by atoms with Gasteiger partial charge in [-0.1, -0.05) is 58.4 Å². The summed E-state index contributed by atoms with van der Waals surface area (Å²) in [5.41, 5.74) is -1.74. The molecule has 8 heteroatoms. The maximum atomic E-state index is 12.4. The largest absolute Gasteiger partial charge is 0.481 e. The number of carboxylic acids is 1. The first-order valence-electron chi connectivity index (χ1n) is 10.9. The lowest BCUT2D eigenvalue weighted by Crippen LogP contribution is -2.52. The van der Waals surface area contributed by atoms with Gasteiger partial charge in [-0.05, 0) is 37.1 Å². The van der Waals surface area contributed by atoms with Gasteiger partial charge < -0.3 is 20.1 Å². The zero-order chi connectivity index (χ0) is 23.5. The van der Waals surface area contributed by atoms with Crippen LogP contribution in [0.2, 0.25) is 0 Å². The van der Waals surface area contributed by atoms with Crippen LogP contribution in [-0.4, -0.2) is 37.2 Å². The van der Waals surface area contributed by atoms with Gasteiger partial charge in [-0.2, -0.15) is 5.10 Å². The van der Waals surface area contributed by atoms with Crippen molar-refractivity contribution in [3.63, 3.8) is 0 Å². The molecule has 0 radical (unpaired) electrons. The van der Waals surface area contributed by atoms with Crippen LogP contribution in [0.4, 0.5) is 0 Å². The Balaban J connectivity index is 1.81. The number of aliphatic carboxylic acids is 1. The molecular formula is C25H25BrN2O5. The summed E-state index contributed by atoms with van der Waals surface area (Å²) in [4.78, 5) is 11.9. The van der Waals surface area contributed by atoms with Crippen LogP contribution in [0.25, 0.3) is 0 Å². The second kappa shape index (κ2) is 7.68. The number of ether oxygens (including phenoxy) is 1. The number of carboxylic acid groups (broad SMARTS) is 1. The van der Waals surface area contributed by atoms with Crippen molar-refractivity contribution in [3.05, 3.63) is 82.1 Å². The molecule has 2 heterocycles. The van der Waals surface area contributed by atoms with Crippen LogP contribution in [0.1, 0.15) is 49.0 Å². The number of fused-ring (bicyclic) bond motifs is 3. The highest BCUT2D eigenvalue weighted by atomic mass is 79.9. The average Bonchev–Trinajstić information content (AvgIpc) is 3.36. The summed E-state index contributed by atoms with van der Waals surface area (Å²) in [6.45, 7) is 3.92. The van der Waals surface area contributed by atoms with E-state index in [9.17, 15) is 20.1 Å². The molecule has 1 saturated carbocycles. The van der Waals surface area contributed by atoms with Gasteiger partial charge in [-0.25, -0.2) is 0 Å². The van der Waals surface area contributed by atoms with E-state index in [-0.39, 0.29) is 18.2 Å². The molecule has 0 spiro atoms. The lowest BCUT2D eigenvalue weighted by Gasteiger charge is -2.40. The molecule has 2 aliphatic rings. The smallest absolute Gasteiger partial charge is 0.303 e. The number of hydrogen-bond acceptors (Lipinski definition) is 5. The predicted octanol–water partition coefficient (Wildman–Crippen LogP) is 3.95. The predicted molar refractivity (Wildman–Crippen MR) is 124 cm³/mol. The van der Waals surface area contributed by atoms with Gasteiger partial charge in [-0.3, -0.25) is 9.48 Å². The Hall–Kier alpha value is -2.68. The highest BCUT2D eigenvalue weighted by Crippen LogP contribution is 2.68. The van der Waals surface area contributed by atoms with Crippen molar-refractivity contribution < 1.29 is 24.9 Å². The maximum absolute atomic E-state index is 12.4. The van der Waals surface area contributed by atoms with Gasteiger partial charge in [0.25, 0.3) is 0 Å². The zero-order valence-electron chi connectivity index (χ0n) is 18.2. The third-order valence-corrected chi connectivity index (χ3v) is 7.50. The van der Waals surface area contributed by atoms with Crippen molar-refractivity contribution in [3.8, 4) is 5.75 Å². The first-order valence-corrected chi connectivity index (χ1v) is 11.7. The number of rotatable bonds is 5. The zero-order valence-corrected chi connectivity index (χ0v) is 19.8. The molecule has 2 aromatic carbocycles. The van der Waals surface area contributed by atoms with Crippen molar-refractivity contribution in [2.45, 2.75) is 49.5 Å². The molecule has 1 aromatic heterocycles. The topological polar surface area (TPSA) is 105 Å². The Morgan fingerprint density at radius 1 is 1.18 bits per heavy atom. The van der Waals surface area contributed by atoms with Crippen molar-refractivity contribution in [2.24, 2.45) is 5.92 Å². The van der Waals surface area contributed by atoms with Gasteiger partial charge in [0.1, 0.15) is 5.69 Å². The molecule has 5 rings (SSSR count). The Bertz CT molecular complexity index is 1200. The SMILES string of the molecule is CC(C)n1cc2c(n1)[C@]1(O)[C@H](O)[C@H](CC(=O)O)[C@@H](c3ccccc3)[C@]1(c1ccc(Br)cc1)O2. The molecule has 7 nitrogen and oxygen atoms in total. The summed E-state index contributed by atoms with van der Waals surface area (Å²) in [6.07, 6.45) is -0.0119. The van der Waals surface area contributed by atoms with E-state index in [1.54, 1.807) is 10.9 Å². The molecule has 5 atom stereocenters. The molecular weight excluding hydrogens is 488 g/mol. The van der Waals surface area contributed by atoms with Gasteiger partial charge in [-0.15, -0.1) is 0 Å². The minimum absolute atomic E-state index is 0.0168. The highest BCUT2D eigenvalue weighted by molar-refractivity contribution is 9.10. The number of hydrogen-bond donors (Lipinski definition) is 3. The Morgan fingerprint density at radius 3 is 2.45 bits per heavy atom. The van der Waals surface area contributed by atoms with Crippen molar-refractivity contribution >= 4 is 21.9 Å². The summed E-state index contributed by atoms with van der Waals surface area (Å²) in [6, 6.07) is 16.7. The summed E-state index contributed by atoms with van der Waals surface area (Å²) in [5, 5.41) is 38.3. The maximum Gasteiger partial charge on any atom is 0.303 e. The summed E-state index contributed by atoms with van der Waals surface area (Å²) in [7, 11) is 0. The number of halogens is 1. The number of aromatic nitrogens is 2. The van der Waals surface area contributed by atoms with Crippen LogP contribution in [-0.2, 0) is 16.0 Å². The molecule has 1 aliphatic heterocycles. The third kappa shape index (κ3) is 3.01. The van der Waals surface area contributed by atoms with Gasteiger partial charge >= 0.3 is 5.97 Å². The van der Waals surface area contributed by atoms with Crippen molar-refractivity contribution in [1.29, 1.82) is 0 Å². The average molecular weight is 513 g/mol. The molecule has 0 unspecified atom stereocenters. The molecule has 3 N–H and O–H groups in total. The van der Waals surface area contributed by atoms with E-state index >= 15 is 0 Å². The van der Waals surface area contributed by atoms with Gasteiger partial charge in [0.15, 0.2) is 17.0 Å². The van der Waals surface area contributed by atoms with Gasteiger partial charge in [0.05, 0.1) is 18.7 Å². The summed E-state index contributed by atoms with van der Waals surface area (Å²) < 4.78 is 9.16. The lowest BCUT2D eigenvalue weighted by atomic mass is 9.71. The molecule has 172 valence electrons. The Kier molecular flexibility index (Phi) is 5.15. The monoisotopic (exact) mass is 512 g/mol. The first-order chi connectivity index (χ1) is 15.7. The second-order valence-corrected chi connectivity index (χ2v) is 10.0. The fourth-order valence-corrected chi connectivity index (χ4v) is 5.85. The van der Waals surface area contributed by atoms with E-state index in [2.05, 4.69) is 21.0 Å². The van der Waals surface area contributed by atoms with E-state index in [0.29, 0.717) is 11.3 Å². The molecule has 0 saturated heterocycles. The van der Waals surface area contributed by atoms with Crippen LogP contribution in [0.3, 0.4) is 0 Å². The fraction of sp³-hybridized carbons (Fsp3) is 0.360. The third-order valence-electron chi connectivity index (χ3n) is 6.97. The van der Waals surface area contributed by atoms with Crippen LogP contribution >= 0.6 is 15.9 Å². The van der Waals surface area contributed by atoms with Gasteiger partial charge in [0, 0.05) is 22.4 Å². The number of aliphatic hydroxyl groups excluding tert-OH is 1. The van der Waals surface area contributed by atoms with E-state index in [4.69, 9.17) is 4.74 Å². The highest BCUT2D eigenvalue weighted by Gasteiger charge is 2.77. The van der Waals surface area contributed by atoms with Crippen molar-refractivity contribution in [1.82, 2.24) is 9.78 Å². The molecule has 33 heavy (non-hydrogen) atoms. The fourth-order valence-electron chi connectivity index (χ4n) is 5.59. The number of benzene rings is 2. The van der Waals surface area contributed by atoms with Crippen LogP contribution in [0, 0.1) is 5.92 Å². The number of carbonyl (C=O) groups is 1. The van der Waals surface area contributed by atoms with E-state index in [1.165, 1.54) is 0 Å². The quantitative estimate of drug-likeness (QED) is 0.478. The number of nitrogens with zero attached hydrogens (tertiary/aromatic N) is 2. The lowest BCUT2D eigenvalue weighted by molar-refractivity contribution is -0.156. The van der Waals surface area contributed by atoms with Crippen LogP contribution in [0.15, 0.2) is 65.3 Å². The number of aliphatic hydroxyl groups is 2. The summed E-state index contributed by atoms with van der Waals surface area (Å²) >= 11 is 3.45. The first kappa shape index (κ1) is 22.1. The van der Waals surface area contributed by atoms with Crippen LogP contribution in [0.5, 0.6) is 5.75 Å². The second-order valence-electron chi connectivity index (χ2n) is 9.12. The Morgan fingerprint density at radius 2 is 1.85 bits per heavy atom. The standard InChI is InChI=1S/C25H25BrN2O5/c1-14(2)28-13-19-22(27-28)24(32)23(31)18(12-20(29)30)21(15-6-4-3-5-7-15)25(24,33-19)16-8-10-17(26)11-9-16/h3-11,13-14,18,21,23,31-32H,12H2,1-2H3,(H,29,30)/t18-,21-,23-,24+,25+/m1/s1. The minimum atomic E-state index is -1.95. The molecule has 1 fully saturated rings. The molecule has 0 bridgehead atoms. The molecule has 0 amide bonds. The van der Waals surface area contributed by atoms with E-state index in [0.717, 1.165) is 10.0 Å².